The summed E-state index contributed by atoms with van der Waals surface area (Å²) in [5.41, 5.74) is 3.18. The van der Waals surface area contributed by atoms with Crippen molar-refractivity contribution in [1.82, 2.24) is 10.2 Å². The number of carbonyl (C=O) groups excluding carboxylic acids is 2. The van der Waals surface area contributed by atoms with Crippen LogP contribution in [0.4, 0.5) is 0 Å². The number of ether oxygens (including phenoxy) is 1. The number of hydrogen-bond donors (Lipinski definition) is 1. The lowest BCUT2D eigenvalue weighted by atomic mass is 9.87. The Hall–Kier alpha value is -3.60. The van der Waals surface area contributed by atoms with Gasteiger partial charge in [-0.2, -0.15) is 0 Å². The van der Waals surface area contributed by atoms with E-state index in [1.165, 1.54) is 5.56 Å². The van der Waals surface area contributed by atoms with Crippen molar-refractivity contribution < 1.29 is 14.3 Å². The number of nitrogens with zero attached hydrogens (tertiary/aromatic N) is 1. The van der Waals surface area contributed by atoms with Crippen molar-refractivity contribution in [3.05, 3.63) is 102 Å². The average Bonchev–Trinajstić information content (AvgIpc) is 2.85. The molecule has 3 rings (SSSR count). The van der Waals surface area contributed by atoms with Gasteiger partial charge in [-0.1, -0.05) is 93.6 Å². The Bertz CT molecular complexity index is 1100. The number of benzene rings is 3. The molecule has 0 spiro atoms. The molecule has 2 amide bonds. The van der Waals surface area contributed by atoms with Crippen LogP contribution in [0.3, 0.4) is 0 Å². The van der Waals surface area contributed by atoms with Crippen LogP contribution in [0.25, 0.3) is 0 Å². The molecule has 1 atom stereocenters. The molecule has 0 fully saturated rings. The number of nitrogens with one attached hydrogen (secondary N) is 1. The molecule has 0 bridgehead atoms. The van der Waals surface area contributed by atoms with Crippen LogP contribution in [0.2, 0.25) is 0 Å². The van der Waals surface area contributed by atoms with Gasteiger partial charge in [-0.3, -0.25) is 9.59 Å². The van der Waals surface area contributed by atoms with E-state index in [1.54, 1.807) is 4.90 Å². The molecule has 0 aromatic heterocycles. The highest BCUT2D eigenvalue weighted by molar-refractivity contribution is 5.88. The van der Waals surface area contributed by atoms with Gasteiger partial charge in [0, 0.05) is 19.0 Å². The first-order valence-electron chi connectivity index (χ1n) is 12.5. The third kappa shape index (κ3) is 7.98. The molecule has 5 heteroatoms. The summed E-state index contributed by atoms with van der Waals surface area (Å²) in [6.45, 7) is 10.5. The number of carbonyl (C=O) groups is 2. The summed E-state index contributed by atoms with van der Waals surface area (Å²) in [5.74, 6) is 0.216. The largest absolute Gasteiger partial charge is 0.484 e. The second-order valence-electron chi connectivity index (χ2n) is 10.4. The Labute approximate surface area is 215 Å². The minimum absolute atomic E-state index is 0.0370. The van der Waals surface area contributed by atoms with Crippen LogP contribution in [0.1, 0.15) is 51.3 Å². The molecular weight excluding hydrogens is 448 g/mol. The first-order valence-corrected chi connectivity index (χ1v) is 12.5. The van der Waals surface area contributed by atoms with Crippen molar-refractivity contribution in [1.29, 1.82) is 0 Å². The molecule has 36 heavy (non-hydrogen) atoms. The summed E-state index contributed by atoms with van der Waals surface area (Å²) in [5, 5.41) is 3.00. The number of rotatable bonds is 10. The highest BCUT2D eigenvalue weighted by Crippen LogP contribution is 2.24. The molecule has 0 saturated heterocycles. The molecule has 3 aromatic rings. The van der Waals surface area contributed by atoms with Gasteiger partial charge in [0.15, 0.2) is 6.61 Å². The van der Waals surface area contributed by atoms with Gasteiger partial charge >= 0.3 is 0 Å². The van der Waals surface area contributed by atoms with Gasteiger partial charge in [-0.25, -0.2) is 0 Å². The van der Waals surface area contributed by atoms with Crippen LogP contribution < -0.4 is 10.1 Å². The summed E-state index contributed by atoms with van der Waals surface area (Å²) in [6, 6.07) is 26.7. The second kappa shape index (κ2) is 12.4. The average molecular weight is 487 g/mol. The third-order valence-corrected chi connectivity index (χ3v) is 5.98. The van der Waals surface area contributed by atoms with E-state index in [1.807, 2.05) is 98.8 Å². The van der Waals surface area contributed by atoms with E-state index < -0.39 is 6.04 Å². The van der Waals surface area contributed by atoms with Gasteiger partial charge in [-0.15, -0.1) is 0 Å². The molecule has 0 aliphatic heterocycles. The molecule has 0 unspecified atom stereocenters. The number of hydrogen-bond acceptors (Lipinski definition) is 3. The summed E-state index contributed by atoms with van der Waals surface area (Å²) in [7, 11) is 0. The minimum atomic E-state index is -0.672. The fourth-order valence-electron chi connectivity index (χ4n) is 3.99. The normalized spacial score (nSPS) is 12.2. The molecule has 1 N–H and O–H groups in total. The highest BCUT2D eigenvalue weighted by Gasteiger charge is 2.31. The Morgan fingerprint density at radius 3 is 1.92 bits per heavy atom. The van der Waals surface area contributed by atoms with Crippen molar-refractivity contribution in [2.45, 2.75) is 65.1 Å². The minimum Gasteiger partial charge on any atom is -0.484 e. The highest BCUT2D eigenvalue weighted by atomic mass is 16.5. The first kappa shape index (κ1) is 27.0. The van der Waals surface area contributed by atoms with Gasteiger partial charge in [-0.05, 0) is 48.1 Å². The lowest BCUT2D eigenvalue weighted by molar-refractivity contribution is -0.143. The molecule has 0 aliphatic rings. The predicted octanol–water partition coefficient (Wildman–Crippen LogP) is 5.53. The van der Waals surface area contributed by atoms with E-state index in [0.717, 1.165) is 11.1 Å². The monoisotopic (exact) mass is 486 g/mol. The van der Waals surface area contributed by atoms with Gasteiger partial charge in [0.2, 0.25) is 5.91 Å². The predicted molar refractivity (Wildman–Crippen MR) is 145 cm³/mol. The van der Waals surface area contributed by atoms with Gasteiger partial charge in [0.1, 0.15) is 11.8 Å². The summed E-state index contributed by atoms with van der Waals surface area (Å²) >= 11 is 0. The molecule has 3 aromatic carbocycles. The van der Waals surface area contributed by atoms with Gasteiger partial charge in [0.05, 0.1) is 0 Å². The molecule has 0 heterocycles. The fourth-order valence-corrected chi connectivity index (χ4v) is 3.99. The van der Waals surface area contributed by atoms with E-state index in [4.69, 9.17) is 4.74 Å². The molecule has 5 nitrogen and oxygen atoms in total. The lowest BCUT2D eigenvalue weighted by Crippen LogP contribution is -2.52. The van der Waals surface area contributed by atoms with Crippen LogP contribution >= 0.6 is 0 Å². The van der Waals surface area contributed by atoms with E-state index in [0.29, 0.717) is 18.7 Å². The van der Waals surface area contributed by atoms with Gasteiger partial charge < -0.3 is 15.0 Å². The van der Waals surface area contributed by atoms with Crippen molar-refractivity contribution in [3.63, 3.8) is 0 Å². The van der Waals surface area contributed by atoms with Crippen LogP contribution in [-0.2, 0) is 28.0 Å². The third-order valence-electron chi connectivity index (χ3n) is 5.98. The van der Waals surface area contributed by atoms with Crippen molar-refractivity contribution in [2.24, 2.45) is 0 Å². The molecule has 0 saturated carbocycles. The van der Waals surface area contributed by atoms with Crippen LogP contribution in [0.15, 0.2) is 84.9 Å². The number of amides is 2. The maximum Gasteiger partial charge on any atom is 0.261 e. The summed E-state index contributed by atoms with van der Waals surface area (Å²) in [4.78, 5) is 28.6. The van der Waals surface area contributed by atoms with Crippen LogP contribution in [-0.4, -0.2) is 35.4 Å². The van der Waals surface area contributed by atoms with E-state index >= 15 is 0 Å². The van der Waals surface area contributed by atoms with E-state index in [-0.39, 0.29) is 29.9 Å². The Morgan fingerprint density at radius 2 is 1.39 bits per heavy atom. The fraction of sp³-hybridized carbons (Fsp3) is 0.355. The zero-order valence-corrected chi connectivity index (χ0v) is 22.0. The summed E-state index contributed by atoms with van der Waals surface area (Å²) in [6.07, 6.45) is 0.415. The molecule has 0 aliphatic carbocycles. The summed E-state index contributed by atoms with van der Waals surface area (Å²) < 4.78 is 5.89. The maximum absolute atomic E-state index is 13.6. The lowest BCUT2D eigenvalue weighted by Gasteiger charge is -2.32. The topological polar surface area (TPSA) is 58.6 Å². The Morgan fingerprint density at radius 1 is 0.833 bits per heavy atom. The standard InChI is InChI=1S/C31H38N2O3/c1-23(2)32-30(35)28(20-24-12-8-6-9-13-24)33(21-25-14-10-7-11-15-25)29(34)22-36-27-18-16-26(17-19-27)31(3,4)5/h6-19,23,28H,20-22H2,1-5H3,(H,32,35)/t28-/m0/s1. The molecule has 0 radical (unpaired) electrons. The maximum atomic E-state index is 13.6. The molecule has 190 valence electrons. The zero-order valence-electron chi connectivity index (χ0n) is 22.0. The van der Waals surface area contributed by atoms with E-state index in [9.17, 15) is 9.59 Å². The first-order chi connectivity index (χ1) is 17.1. The van der Waals surface area contributed by atoms with Gasteiger partial charge in [0.25, 0.3) is 5.91 Å². The van der Waals surface area contributed by atoms with Crippen LogP contribution in [0, 0.1) is 0 Å². The van der Waals surface area contributed by atoms with Crippen LogP contribution in [0.5, 0.6) is 5.75 Å². The Kier molecular flexibility index (Phi) is 9.29. The molecular formula is C31H38N2O3. The van der Waals surface area contributed by atoms with Crippen molar-refractivity contribution in [3.8, 4) is 5.75 Å². The smallest absolute Gasteiger partial charge is 0.261 e. The van der Waals surface area contributed by atoms with Crippen molar-refractivity contribution in [2.75, 3.05) is 6.61 Å². The quantitative estimate of drug-likeness (QED) is 0.410. The second-order valence-corrected chi connectivity index (χ2v) is 10.4. The van der Waals surface area contributed by atoms with E-state index in [2.05, 4.69) is 26.1 Å². The zero-order chi connectivity index (χ0) is 26.1. The SMILES string of the molecule is CC(C)NC(=O)[C@H](Cc1ccccc1)N(Cc1ccccc1)C(=O)COc1ccc(C(C)(C)C)cc1. The Balaban J connectivity index is 1.85. The van der Waals surface area contributed by atoms with Crippen molar-refractivity contribution >= 4 is 11.8 Å².